The van der Waals surface area contributed by atoms with Crippen molar-refractivity contribution in [1.82, 2.24) is 0 Å². The van der Waals surface area contributed by atoms with E-state index in [1.54, 1.807) is 37.5 Å². The van der Waals surface area contributed by atoms with Crippen molar-refractivity contribution in [1.29, 1.82) is 0 Å². The zero-order valence-corrected chi connectivity index (χ0v) is 16.0. The fraction of sp³-hybridized carbons (Fsp3) is 0.286. The second-order valence-electron chi connectivity index (χ2n) is 5.60. The van der Waals surface area contributed by atoms with Gasteiger partial charge >= 0.3 is 5.97 Å². The van der Waals surface area contributed by atoms with Crippen LogP contribution in [0.15, 0.2) is 42.5 Å². The van der Waals surface area contributed by atoms with Gasteiger partial charge in [0.25, 0.3) is 0 Å². The number of hydrogen-bond acceptors (Lipinski definition) is 6. The van der Waals surface area contributed by atoms with E-state index in [0.717, 1.165) is 17.5 Å². The molecule has 0 aliphatic heterocycles. The molecule has 0 aliphatic carbocycles. The number of carbonyl (C=O) groups excluding carboxylic acids is 1. The van der Waals surface area contributed by atoms with Crippen LogP contribution in [0, 0.1) is 0 Å². The molecule has 0 atom stereocenters. The SMILES string of the molecule is COCCc1ccc(OC(=O)/C=C/c2cc(OC)c(OC)c(OC)c2)cc1. The normalized spacial score (nSPS) is 10.7. The summed E-state index contributed by atoms with van der Waals surface area (Å²) in [5.41, 5.74) is 1.83. The lowest BCUT2D eigenvalue weighted by Gasteiger charge is -2.12. The summed E-state index contributed by atoms with van der Waals surface area (Å²) in [5, 5.41) is 0. The lowest BCUT2D eigenvalue weighted by atomic mass is 10.1. The van der Waals surface area contributed by atoms with Gasteiger partial charge in [0.1, 0.15) is 5.75 Å². The molecule has 2 aromatic rings. The fourth-order valence-electron chi connectivity index (χ4n) is 2.46. The first-order valence-corrected chi connectivity index (χ1v) is 8.39. The van der Waals surface area contributed by atoms with Gasteiger partial charge in [0, 0.05) is 13.2 Å². The third-order valence-corrected chi connectivity index (χ3v) is 3.84. The summed E-state index contributed by atoms with van der Waals surface area (Å²) in [6.07, 6.45) is 3.78. The van der Waals surface area contributed by atoms with Gasteiger partial charge in [0.15, 0.2) is 11.5 Å². The summed E-state index contributed by atoms with van der Waals surface area (Å²) in [6, 6.07) is 10.8. The Morgan fingerprint density at radius 3 is 2.07 bits per heavy atom. The Morgan fingerprint density at radius 1 is 0.926 bits per heavy atom. The summed E-state index contributed by atoms with van der Waals surface area (Å²) < 4.78 is 26.2. The summed E-state index contributed by atoms with van der Waals surface area (Å²) in [7, 11) is 6.27. The van der Waals surface area contributed by atoms with Crippen LogP contribution in [0.25, 0.3) is 6.08 Å². The molecule has 0 N–H and O–H groups in total. The van der Waals surface area contributed by atoms with Crippen LogP contribution in [0.4, 0.5) is 0 Å². The maximum absolute atomic E-state index is 12.1. The van der Waals surface area contributed by atoms with E-state index in [-0.39, 0.29) is 0 Å². The van der Waals surface area contributed by atoms with Crippen molar-refractivity contribution in [3.05, 3.63) is 53.6 Å². The molecule has 0 unspecified atom stereocenters. The van der Waals surface area contributed by atoms with Crippen LogP contribution < -0.4 is 18.9 Å². The lowest BCUT2D eigenvalue weighted by Crippen LogP contribution is -2.04. The number of esters is 1. The highest BCUT2D eigenvalue weighted by molar-refractivity contribution is 5.89. The van der Waals surface area contributed by atoms with Gasteiger partial charge in [-0.05, 0) is 47.9 Å². The number of carbonyl (C=O) groups is 1. The maximum atomic E-state index is 12.1. The minimum atomic E-state index is -0.478. The summed E-state index contributed by atoms with van der Waals surface area (Å²) in [4.78, 5) is 12.1. The van der Waals surface area contributed by atoms with Crippen LogP contribution in [0.3, 0.4) is 0 Å². The van der Waals surface area contributed by atoms with E-state index in [9.17, 15) is 4.79 Å². The van der Waals surface area contributed by atoms with E-state index in [1.165, 1.54) is 27.4 Å². The largest absolute Gasteiger partial charge is 0.493 e. The van der Waals surface area contributed by atoms with E-state index < -0.39 is 5.97 Å². The highest BCUT2D eigenvalue weighted by Gasteiger charge is 2.12. The molecule has 0 aromatic heterocycles. The number of hydrogen-bond donors (Lipinski definition) is 0. The van der Waals surface area contributed by atoms with E-state index in [4.69, 9.17) is 23.7 Å². The molecule has 2 rings (SSSR count). The van der Waals surface area contributed by atoms with Crippen molar-refractivity contribution in [2.45, 2.75) is 6.42 Å². The van der Waals surface area contributed by atoms with Gasteiger partial charge in [0.05, 0.1) is 27.9 Å². The van der Waals surface area contributed by atoms with Gasteiger partial charge in [-0.15, -0.1) is 0 Å². The molecule has 6 nitrogen and oxygen atoms in total. The molecule has 0 saturated heterocycles. The third kappa shape index (κ3) is 5.76. The van der Waals surface area contributed by atoms with Gasteiger partial charge in [0.2, 0.25) is 5.75 Å². The van der Waals surface area contributed by atoms with E-state index in [0.29, 0.717) is 29.6 Å². The van der Waals surface area contributed by atoms with Crippen molar-refractivity contribution in [3.8, 4) is 23.0 Å². The highest BCUT2D eigenvalue weighted by atomic mass is 16.5. The standard InChI is InChI=1S/C21H24O6/c1-23-12-11-15-5-8-17(9-6-15)27-20(22)10-7-16-13-18(24-2)21(26-4)19(14-16)25-3/h5-10,13-14H,11-12H2,1-4H3/b10-7+. The Bertz CT molecular complexity index is 755. The van der Waals surface area contributed by atoms with Crippen LogP contribution in [0.5, 0.6) is 23.0 Å². The second kappa shape index (κ2) is 10.2. The number of benzene rings is 2. The molecule has 0 aliphatic rings. The number of ether oxygens (including phenoxy) is 5. The van der Waals surface area contributed by atoms with Gasteiger partial charge < -0.3 is 23.7 Å². The van der Waals surface area contributed by atoms with Crippen molar-refractivity contribution >= 4 is 12.0 Å². The smallest absolute Gasteiger partial charge is 0.336 e. The molecule has 0 heterocycles. The van der Waals surface area contributed by atoms with Crippen molar-refractivity contribution in [3.63, 3.8) is 0 Å². The van der Waals surface area contributed by atoms with E-state index in [2.05, 4.69) is 0 Å². The summed E-state index contributed by atoms with van der Waals surface area (Å²) in [5.74, 6) is 1.52. The Kier molecular flexibility index (Phi) is 7.70. The first-order valence-electron chi connectivity index (χ1n) is 8.39. The Morgan fingerprint density at radius 2 is 1.56 bits per heavy atom. The quantitative estimate of drug-likeness (QED) is 0.381. The van der Waals surface area contributed by atoms with Crippen LogP contribution in [0.1, 0.15) is 11.1 Å². The molecule has 2 aromatic carbocycles. The summed E-state index contributed by atoms with van der Waals surface area (Å²) >= 11 is 0. The molecule has 0 spiro atoms. The Labute approximate surface area is 159 Å². The van der Waals surface area contributed by atoms with Gasteiger partial charge in [-0.2, -0.15) is 0 Å². The maximum Gasteiger partial charge on any atom is 0.336 e. The van der Waals surface area contributed by atoms with Gasteiger partial charge in [-0.1, -0.05) is 12.1 Å². The molecule has 144 valence electrons. The zero-order valence-electron chi connectivity index (χ0n) is 16.0. The van der Waals surface area contributed by atoms with Crippen LogP contribution >= 0.6 is 0 Å². The predicted molar refractivity (Wildman–Crippen MR) is 103 cm³/mol. The minimum Gasteiger partial charge on any atom is -0.493 e. The highest BCUT2D eigenvalue weighted by Crippen LogP contribution is 2.38. The average molecular weight is 372 g/mol. The van der Waals surface area contributed by atoms with Crippen molar-refractivity contribution in [2.75, 3.05) is 35.0 Å². The fourth-order valence-corrected chi connectivity index (χ4v) is 2.46. The third-order valence-electron chi connectivity index (χ3n) is 3.84. The van der Waals surface area contributed by atoms with E-state index in [1.807, 2.05) is 12.1 Å². The summed E-state index contributed by atoms with van der Waals surface area (Å²) in [6.45, 7) is 0.649. The molecule has 0 bridgehead atoms. The molecule has 0 amide bonds. The van der Waals surface area contributed by atoms with Crippen LogP contribution in [-0.4, -0.2) is 41.0 Å². The Balaban J connectivity index is 2.05. The number of rotatable bonds is 9. The number of methoxy groups -OCH3 is 4. The first kappa shape index (κ1) is 20.3. The zero-order chi connectivity index (χ0) is 19.6. The molecular weight excluding hydrogens is 348 g/mol. The average Bonchev–Trinajstić information content (AvgIpc) is 2.70. The molecular formula is C21H24O6. The van der Waals surface area contributed by atoms with Crippen LogP contribution in [-0.2, 0) is 16.0 Å². The van der Waals surface area contributed by atoms with E-state index >= 15 is 0 Å². The molecule has 0 fully saturated rings. The van der Waals surface area contributed by atoms with Crippen LogP contribution in [0.2, 0.25) is 0 Å². The van der Waals surface area contributed by atoms with Crippen molar-refractivity contribution in [2.24, 2.45) is 0 Å². The molecule has 0 saturated carbocycles. The topological polar surface area (TPSA) is 63.2 Å². The molecule has 6 heteroatoms. The van der Waals surface area contributed by atoms with Crippen molar-refractivity contribution < 1.29 is 28.5 Å². The minimum absolute atomic E-state index is 0.478. The Hall–Kier alpha value is -2.99. The molecule has 0 radical (unpaired) electrons. The second-order valence-corrected chi connectivity index (χ2v) is 5.60. The lowest BCUT2D eigenvalue weighted by molar-refractivity contribution is -0.128. The van der Waals surface area contributed by atoms with Gasteiger partial charge in [-0.3, -0.25) is 0 Å². The molecule has 27 heavy (non-hydrogen) atoms. The predicted octanol–water partition coefficient (Wildman–Crippen LogP) is 3.52. The van der Waals surface area contributed by atoms with Gasteiger partial charge in [-0.25, -0.2) is 4.79 Å². The monoisotopic (exact) mass is 372 g/mol. The first-order chi connectivity index (χ1) is 13.1.